The SMILES string of the molecule is C/C(=C\c1ccc2c(c1)N(S(=O)(=O)c1cccc(C)c1)C[C@H](CCC(=O)N1CCCC1)O2)c1c(F)cccc1Cl. The number of hydrogen-bond donors (Lipinski definition) is 0. The van der Waals surface area contributed by atoms with Crippen molar-refractivity contribution in [1.82, 2.24) is 4.90 Å². The molecule has 1 saturated heterocycles. The number of carbonyl (C=O) groups is 1. The van der Waals surface area contributed by atoms with Crippen LogP contribution >= 0.6 is 11.6 Å². The van der Waals surface area contributed by atoms with Gasteiger partial charge in [0.25, 0.3) is 10.0 Å². The van der Waals surface area contributed by atoms with E-state index in [-0.39, 0.29) is 17.3 Å². The molecule has 0 unspecified atom stereocenters. The summed E-state index contributed by atoms with van der Waals surface area (Å²) in [5.41, 5.74) is 2.80. The summed E-state index contributed by atoms with van der Waals surface area (Å²) < 4.78 is 50.0. The Hall–Kier alpha value is -3.36. The summed E-state index contributed by atoms with van der Waals surface area (Å²) in [6, 6.07) is 16.6. The van der Waals surface area contributed by atoms with Crippen LogP contribution in [0.2, 0.25) is 5.02 Å². The lowest BCUT2D eigenvalue weighted by molar-refractivity contribution is -0.130. The minimum atomic E-state index is -3.94. The summed E-state index contributed by atoms with van der Waals surface area (Å²) >= 11 is 6.26. The molecule has 0 aromatic heterocycles. The average molecular weight is 583 g/mol. The van der Waals surface area contributed by atoms with Crippen LogP contribution in [0.25, 0.3) is 11.6 Å². The van der Waals surface area contributed by atoms with Crippen molar-refractivity contribution in [2.45, 2.75) is 50.5 Å². The number of anilines is 1. The third kappa shape index (κ3) is 5.88. The molecule has 1 amide bonds. The van der Waals surface area contributed by atoms with Gasteiger partial charge in [0.15, 0.2) is 0 Å². The van der Waals surface area contributed by atoms with Crippen molar-refractivity contribution >= 4 is 44.9 Å². The molecule has 5 rings (SSSR count). The Labute approximate surface area is 240 Å². The predicted molar refractivity (Wildman–Crippen MR) is 157 cm³/mol. The van der Waals surface area contributed by atoms with Gasteiger partial charge in [0.2, 0.25) is 5.91 Å². The summed E-state index contributed by atoms with van der Waals surface area (Å²) in [4.78, 5) is 14.7. The van der Waals surface area contributed by atoms with Gasteiger partial charge in [-0.05, 0) is 86.2 Å². The zero-order valence-electron chi connectivity index (χ0n) is 22.6. The Morgan fingerprint density at radius 3 is 2.58 bits per heavy atom. The zero-order chi connectivity index (χ0) is 28.4. The normalized spacial score (nSPS) is 17.5. The molecule has 2 aliphatic rings. The Balaban J connectivity index is 1.49. The fraction of sp³-hybridized carbons (Fsp3) is 0.323. The Morgan fingerprint density at radius 1 is 1.10 bits per heavy atom. The van der Waals surface area contributed by atoms with Crippen molar-refractivity contribution in [3.8, 4) is 5.75 Å². The van der Waals surface area contributed by atoms with E-state index in [2.05, 4.69) is 0 Å². The molecule has 6 nitrogen and oxygen atoms in total. The van der Waals surface area contributed by atoms with E-state index < -0.39 is 21.9 Å². The lowest BCUT2D eigenvalue weighted by Gasteiger charge is -2.36. The van der Waals surface area contributed by atoms with Gasteiger partial charge in [-0.3, -0.25) is 9.10 Å². The average Bonchev–Trinajstić information content (AvgIpc) is 3.46. The van der Waals surface area contributed by atoms with Crippen molar-refractivity contribution < 1.29 is 22.3 Å². The van der Waals surface area contributed by atoms with Crippen LogP contribution < -0.4 is 9.04 Å². The fourth-order valence-electron chi connectivity index (χ4n) is 5.31. The van der Waals surface area contributed by atoms with Crippen LogP contribution in [-0.2, 0) is 14.8 Å². The monoisotopic (exact) mass is 582 g/mol. The van der Waals surface area contributed by atoms with E-state index >= 15 is 0 Å². The third-order valence-corrected chi connectivity index (χ3v) is 9.46. The summed E-state index contributed by atoms with van der Waals surface area (Å²) in [5.74, 6) is 0.0556. The first-order chi connectivity index (χ1) is 19.1. The molecule has 1 fully saturated rings. The summed E-state index contributed by atoms with van der Waals surface area (Å²) in [7, 11) is -3.94. The Morgan fingerprint density at radius 2 is 1.85 bits per heavy atom. The summed E-state index contributed by atoms with van der Waals surface area (Å²) in [6.45, 7) is 5.22. The number of aryl methyl sites for hydroxylation is 1. The van der Waals surface area contributed by atoms with Gasteiger partial charge in [0.05, 0.1) is 22.2 Å². The van der Waals surface area contributed by atoms with Crippen molar-refractivity contribution in [2.24, 2.45) is 0 Å². The second-order valence-electron chi connectivity index (χ2n) is 10.4. The first kappa shape index (κ1) is 28.2. The number of halogens is 2. The molecular formula is C31H32ClFN2O4S. The van der Waals surface area contributed by atoms with E-state index in [9.17, 15) is 17.6 Å². The van der Waals surface area contributed by atoms with Gasteiger partial charge in [-0.25, -0.2) is 12.8 Å². The van der Waals surface area contributed by atoms with Gasteiger partial charge in [0, 0.05) is 25.1 Å². The van der Waals surface area contributed by atoms with Crippen molar-refractivity contribution in [1.29, 1.82) is 0 Å². The lowest BCUT2D eigenvalue weighted by atomic mass is 10.0. The van der Waals surface area contributed by atoms with E-state index in [4.69, 9.17) is 16.3 Å². The molecule has 9 heteroatoms. The van der Waals surface area contributed by atoms with Crippen LogP contribution in [0.4, 0.5) is 10.1 Å². The van der Waals surface area contributed by atoms with E-state index in [1.165, 1.54) is 10.4 Å². The number of hydrogen-bond acceptors (Lipinski definition) is 4. The van der Waals surface area contributed by atoms with E-state index in [0.29, 0.717) is 46.0 Å². The minimum absolute atomic E-state index is 0.0713. The quantitative estimate of drug-likeness (QED) is 0.291. The first-order valence-electron chi connectivity index (χ1n) is 13.4. The Bertz CT molecular complexity index is 1550. The van der Waals surface area contributed by atoms with Crippen LogP contribution in [0.15, 0.2) is 65.6 Å². The molecule has 0 saturated carbocycles. The van der Waals surface area contributed by atoms with Crippen LogP contribution in [-0.4, -0.2) is 45.0 Å². The molecule has 0 N–H and O–H groups in total. The van der Waals surface area contributed by atoms with Crippen molar-refractivity contribution in [3.63, 3.8) is 0 Å². The number of amides is 1. The van der Waals surface area contributed by atoms with Crippen LogP contribution in [0.3, 0.4) is 0 Å². The summed E-state index contributed by atoms with van der Waals surface area (Å²) in [6.07, 6.45) is 4.01. The zero-order valence-corrected chi connectivity index (χ0v) is 24.1. The molecule has 3 aromatic carbocycles. The highest BCUT2D eigenvalue weighted by atomic mass is 35.5. The number of likely N-dealkylation sites (tertiary alicyclic amines) is 1. The maximum atomic E-state index is 14.5. The lowest BCUT2D eigenvalue weighted by Crippen LogP contribution is -2.44. The molecule has 0 bridgehead atoms. The highest BCUT2D eigenvalue weighted by Crippen LogP contribution is 2.40. The number of rotatable bonds is 7. The van der Waals surface area contributed by atoms with Crippen molar-refractivity contribution in [2.75, 3.05) is 23.9 Å². The van der Waals surface area contributed by atoms with Gasteiger partial charge < -0.3 is 9.64 Å². The molecule has 0 aliphatic carbocycles. The van der Waals surface area contributed by atoms with Gasteiger partial charge in [-0.2, -0.15) is 0 Å². The number of benzene rings is 3. The third-order valence-electron chi connectivity index (χ3n) is 7.37. The van der Waals surface area contributed by atoms with Crippen LogP contribution in [0, 0.1) is 12.7 Å². The van der Waals surface area contributed by atoms with E-state index in [1.54, 1.807) is 61.5 Å². The number of sulfonamides is 1. The number of carbonyl (C=O) groups excluding carboxylic acids is 1. The number of ether oxygens (including phenoxy) is 1. The number of nitrogens with zero attached hydrogens (tertiary/aromatic N) is 2. The topological polar surface area (TPSA) is 66.9 Å². The molecule has 0 radical (unpaired) electrons. The van der Waals surface area contributed by atoms with Gasteiger partial charge in [-0.15, -0.1) is 0 Å². The van der Waals surface area contributed by atoms with Gasteiger partial charge in [-0.1, -0.05) is 41.9 Å². The molecule has 210 valence electrons. The molecule has 0 spiro atoms. The minimum Gasteiger partial charge on any atom is -0.486 e. The molecule has 2 aliphatic heterocycles. The van der Waals surface area contributed by atoms with E-state index in [0.717, 1.165) is 31.5 Å². The second kappa shape index (κ2) is 11.6. The number of allylic oxidation sites excluding steroid dienone is 1. The fourth-order valence-corrected chi connectivity index (χ4v) is 7.22. The standard InChI is InChI=1S/C31H32ClFN2O4S/c1-21-7-5-8-25(17-21)40(37,38)35-20-24(12-14-30(36)34-15-3-4-16-34)39-29-13-11-23(19-28(29)35)18-22(2)31-26(32)9-6-10-27(31)33/h5-11,13,17-19,24H,3-4,12,14-16,20H2,1-2H3/b22-18+/t24-/m0/s1. The van der Waals surface area contributed by atoms with Gasteiger partial charge >= 0.3 is 0 Å². The Kier molecular flexibility index (Phi) is 8.19. The molecule has 40 heavy (non-hydrogen) atoms. The molecule has 2 heterocycles. The maximum absolute atomic E-state index is 14.5. The molecular weight excluding hydrogens is 551 g/mol. The second-order valence-corrected chi connectivity index (χ2v) is 12.6. The predicted octanol–water partition coefficient (Wildman–Crippen LogP) is 6.71. The molecule has 3 aromatic rings. The van der Waals surface area contributed by atoms with Crippen LogP contribution in [0.1, 0.15) is 49.3 Å². The highest BCUT2D eigenvalue weighted by Gasteiger charge is 2.35. The highest BCUT2D eigenvalue weighted by molar-refractivity contribution is 7.92. The first-order valence-corrected chi connectivity index (χ1v) is 15.3. The maximum Gasteiger partial charge on any atom is 0.264 e. The van der Waals surface area contributed by atoms with Gasteiger partial charge in [0.1, 0.15) is 17.7 Å². The van der Waals surface area contributed by atoms with Crippen molar-refractivity contribution in [3.05, 3.63) is 88.2 Å². The van der Waals surface area contributed by atoms with E-state index in [1.807, 2.05) is 17.9 Å². The smallest absolute Gasteiger partial charge is 0.264 e. The van der Waals surface area contributed by atoms with Crippen LogP contribution in [0.5, 0.6) is 5.75 Å². The summed E-state index contributed by atoms with van der Waals surface area (Å²) in [5, 5.41) is 0.296. The largest absolute Gasteiger partial charge is 0.486 e. The number of fused-ring (bicyclic) bond motifs is 1. The molecule has 1 atom stereocenters.